The molecule has 0 N–H and O–H groups in total. The summed E-state index contributed by atoms with van der Waals surface area (Å²) in [4.78, 5) is 19.8. The Labute approximate surface area is 105 Å². The van der Waals surface area contributed by atoms with Crippen molar-refractivity contribution < 1.29 is 4.74 Å². The molecule has 1 aliphatic rings. The molecule has 2 aromatic rings. The minimum absolute atomic E-state index is 0.662. The molecule has 2 aromatic heterocycles. The zero-order valence-corrected chi connectivity index (χ0v) is 10.6. The molecule has 0 bridgehead atoms. The summed E-state index contributed by atoms with van der Waals surface area (Å²) in [5.41, 5.74) is 3.24. The molecule has 0 saturated carbocycles. The minimum atomic E-state index is 0.662. The topological polar surface area (TPSA) is 64.0 Å². The van der Waals surface area contributed by atoms with E-state index in [1.54, 1.807) is 6.20 Å². The van der Waals surface area contributed by atoms with Crippen LogP contribution < -0.4 is 4.90 Å². The molecule has 3 rings (SSSR count). The van der Waals surface area contributed by atoms with Gasteiger partial charge in [-0.05, 0) is 13.8 Å². The van der Waals surface area contributed by atoms with Gasteiger partial charge in [0.15, 0.2) is 5.65 Å². The molecule has 0 unspecified atom stereocenters. The van der Waals surface area contributed by atoms with Crippen LogP contribution in [-0.2, 0) is 4.74 Å². The number of aryl methyl sites for hydroxylation is 2. The van der Waals surface area contributed by atoms with Crippen LogP contribution in [0.3, 0.4) is 0 Å². The van der Waals surface area contributed by atoms with Crippen LogP contribution in [0.2, 0.25) is 0 Å². The van der Waals surface area contributed by atoms with E-state index in [4.69, 9.17) is 4.74 Å². The van der Waals surface area contributed by atoms with Gasteiger partial charge in [0, 0.05) is 13.1 Å². The zero-order chi connectivity index (χ0) is 12.5. The Hall–Kier alpha value is -1.82. The lowest BCUT2D eigenvalue weighted by molar-refractivity contribution is 0.122. The Bertz CT molecular complexity index is 580. The average molecular weight is 245 g/mol. The highest BCUT2D eigenvalue weighted by atomic mass is 16.5. The minimum Gasteiger partial charge on any atom is -0.378 e. The van der Waals surface area contributed by atoms with Crippen molar-refractivity contribution in [2.45, 2.75) is 13.8 Å². The summed E-state index contributed by atoms with van der Waals surface area (Å²) in [6.45, 7) is 6.98. The van der Waals surface area contributed by atoms with Crippen LogP contribution >= 0.6 is 0 Å². The second-order valence-corrected chi connectivity index (χ2v) is 4.37. The van der Waals surface area contributed by atoms with Gasteiger partial charge in [-0.2, -0.15) is 4.98 Å². The van der Waals surface area contributed by atoms with Gasteiger partial charge in [0.2, 0.25) is 5.95 Å². The second kappa shape index (κ2) is 4.45. The van der Waals surface area contributed by atoms with Gasteiger partial charge in [-0.1, -0.05) is 0 Å². The fourth-order valence-corrected chi connectivity index (χ4v) is 1.94. The number of rotatable bonds is 1. The highest BCUT2D eigenvalue weighted by molar-refractivity contribution is 5.70. The van der Waals surface area contributed by atoms with Crippen LogP contribution in [0.25, 0.3) is 11.2 Å². The van der Waals surface area contributed by atoms with Crippen LogP contribution in [0.4, 0.5) is 5.95 Å². The SMILES string of the molecule is Cc1nc2cnc(N3CCOCC3)nc2nc1C. The van der Waals surface area contributed by atoms with E-state index in [1.165, 1.54) is 0 Å². The Balaban J connectivity index is 2.02. The summed E-state index contributed by atoms with van der Waals surface area (Å²) >= 11 is 0. The highest BCUT2D eigenvalue weighted by Crippen LogP contribution is 2.14. The fraction of sp³-hybridized carbons (Fsp3) is 0.500. The molecule has 0 radical (unpaired) electrons. The molecule has 1 fully saturated rings. The van der Waals surface area contributed by atoms with E-state index in [9.17, 15) is 0 Å². The van der Waals surface area contributed by atoms with Crippen LogP contribution in [-0.4, -0.2) is 46.2 Å². The first-order valence-corrected chi connectivity index (χ1v) is 6.05. The monoisotopic (exact) mass is 245 g/mol. The number of aromatic nitrogens is 4. The number of anilines is 1. The molecule has 0 aliphatic carbocycles. The van der Waals surface area contributed by atoms with Gasteiger partial charge in [0.1, 0.15) is 5.52 Å². The van der Waals surface area contributed by atoms with Crippen molar-refractivity contribution in [2.24, 2.45) is 0 Å². The molecule has 94 valence electrons. The van der Waals surface area contributed by atoms with Gasteiger partial charge in [0.05, 0.1) is 30.8 Å². The molecule has 0 atom stereocenters. The van der Waals surface area contributed by atoms with Gasteiger partial charge in [-0.3, -0.25) is 0 Å². The average Bonchev–Trinajstić information content (AvgIpc) is 2.41. The molecule has 0 spiro atoms. The second-order valence-electron chi connectivity index (χ2n) is 4.37. The molecule has 18 heavy (non-hydrogen) atoms. The van der Waals surface area contributed by atoms with Crippen molar-refractivity contribution in [3.63, 3.8) is 0 Å². The number of nitrogens with zero attached hydrogens (tertiary/aromatic N) is 5. The zero-order valence-electron chi connectivity index (χ0n) is 10.6. The molecule has 0 aromatic carbocycles. The van der Waals surface area contributed by atoms with Crippen molar-refractivity contribution in [3.05, 3.63) is 17.6 Å². The van der Waals surface area contributed by atoms with Gasteiger partial charge in [-0.25, -0.2) is 15.0 Å². The third-order valence-corrected chi connectivity index (χ3v) is 3.12. The molecular formula is C12H15N5O. The van der Waals surface area contributed by atoms with E-state index in [1.807, 2.05) is 13.8 Å². The maximum Gasteiger partial charge on any atom is 0.227 e. The first-order chi connectivity index (χ1) is 8.74. The summed E-state index contributed by atoms with van der Waals surface area (Å²) in [5.74, 6) is 0.711. The van der Waals surface area contributed by atoms with Crippen LogP contribution in [0, 0.1) is 13.8 Å². The summed E-state index contributed by atoms with van der Waals surface area (Å²) in [7, 11) is 0. The number of morpholine rings is 1. The predicted molar refractivity (Wildman–Crippen MR) is 67.6 cm³/mol. The lowest BCUT2D eigenvalue weighted by atomic mass is 10.3. The predicted octanol–water partition coefficient (Wildman–Crippen LogP) is 0.873. The lowest BCUT2D eigenvalue weighted by Gasteiger charge is -2.26. The van der Waals surface area contributed by atoms with E-state index in [2.05, 4.69) is 24.8 Å². The Morgan fingerprint density at radius 1 is 1.06 bits per heavy atom. The van der Waals surface area contributed by atoms with Gasteiger partial charge < -0.3 is 9.64 Å². The number of ether oxygens (including phenoxy) is 1. The number of hydrogen-bond donors (Lipinski definition) is 0. The summed E-state index contributed by atoms with van der Waals surface area (Å²) in [6, 6.07) is 0. The molecular weight excluding hydrogens is 230 g/mol. The van der Waals surface area contributed by atoms with Crippen molar-refractivity contribution in [1.82, 2.24) is 19.9 Å². The maximum absolute atomic E-state index is 5.32. The third-order valence-electron chi connectivity index (χ3n) is 3.12. The molecule has 1 saturated heterocycles. The van der Waals surface area contributed by atoms with Crippen molar-refractivity contribution in [2.75, 3.05) is 31.2 Å². The van der Waals surface area contributed by atoms with Crippen molar-refractivity contribution in [3.8, 4) is 0 Å². The van der Waals surface area contributed by atoms with Gasteiger partial charge in [0.25, 0.3) is 0 Å². The Morgan fingerprint density at radius 2 is 1.78 bits per heavy atom. The van der Waals surface area contributed by atoms with E-state index >= 15 is 0 Å². The van der Waals surface area contributed by atoms with E-state index in [-0.39, 0.29) is 0 Å². The van der Waals surface area contributed by atoms with E-state index in [0.29, 0.717) is 11.6 Å². The largest absolute Gasteiger partial charge is 0.378 e. The number of hydrogen-bond acceptors (Lipinski definition) is 6. The van der Waals surface area contributed by atoms with Gasteiger partial charge >= 0.3 is 0 Å². The molecule has 1 aliphatic heterocycles. The van der Waals surface area contributed by atoms with E-state index in [0.717, 1.165) is 43.2 Å². The summed E-state index contributed by atoms with van der Waals surface area (Å²) in [5, 5.41) is 0. The van der Waals surface area contributed by atoms with Crippen molar-refractivity contribution >= 4 is 17.1 Å². The van der Waals surface area contributed by atoms with E-state index < -0.39 is 0 Å². The first-order valence-electron chi connectivity index (χ1n) is 6.05. The summed E-state index contributed by atoms with van der Waals surface area (Å²) in [6.07, 6.45) is 1.74. The number of fused-ring (bicyclic) bond motifs is 1. The molecule has 6 nitrogen and oxygen atoms in total. The van der Waals surface area contributed by atoms with Crippen molar-refractivity contribution in [1.29, 1.82) is 0 Å². The first kappa shape index (κ1) is 11.3. The lowest BCUT2D eigenvalue weighted by Crippen LogP contribution is -2.37. The Kier molecular flexibility index (Phi) is 2.79. The Morgan fingerprint density at radius 3 is 2.56 bits per heavy atom. The normalized spacial score (nSPS) is 16.2. The maximum atomic E-state index is 5.32. The standard InChI is InChI=1S/C12H15N5O/c1-8-9(2)15-11-10(14-8)7-13-12(16-11)17-3-5-18-6-4-17/h7H,3-6H2,1-2H3. The molecule has 3 heterocycles. The van der Waals surface area contributed by atoms with Crippen LogP contribution in [0.15, 0.2) is 6.20 Å². The molecule has 0 amide bonds. The van der Waals surface area contributed by atoms with Crippen LogP contribution in [0.5, 0.6) is 0 Å². The fourth-order valence-electron chi connectivity index (χ4n) is 1.94. The quantitative estimate of drug-likeness (QED) is 0.743. The third kappa shape index (κ3) is 1.99. The smallest absolute Gasteiger partial charge is 0.227 e. The molecule has 6 heteroatoms. The highest BCUT2D eigenvalue weighted by Gasteiger charge is 2.14. The van der Waals surface area contributed by atoms with Crippen LogP contribution in [0.1, 0.15) is 11.4 Å². The summed E-state index contributed by atoms with van der Waals surface area (Å²) < 4.78 is 5.32. The van der Waals surface area contributed by atoms with Gasteiger partial charge in [-0.15, -0.1) is 0 Å².